The van der Waals surface area contributed by atoms with Gasteiger partial charge in [0.2, 0.25) is 0 Å². The summed E-state index contributed by atoms with van der Waals surface area (Å²) >= 11 is 6.77. The van der Waals surface area contributed by atoms with Crippen LogP contribution in [0.2, 0.25) is 0 Å². The number of rotatable bonds is 21. The summed E-state index contributed by atoms with van der Waals surface area (Å²) in [6.45, 7) is 3.97. The molecule has 58 heavy (non-hydrogen) atoms. The fourth-order valence-electron chi connectivity index (χ4n) is 6.21. The van der Waals surface area contributed by atoms with E-state index in [1.807, 2.05) is 0 Å². The Bertz CT molecular complexity index is 1880. The summed E-state index contributed by atoms with van der Waals surface area (Å²) in [5.41, 5.74) is -0.655. The highest BCUT2D eigenvalue weighted by Gasteiger charge is 2.35. The van der Waals surface area contributed by atoms with Crippen LogP contribution in [0.4, 0.5) is 26.3 Å². The third-order valence-electron chi connectivity index (χ3n) is 8.98. The van der Waals surface area contributed by atoms with Crippen molar-refractivity contribution in [1.82, 2.24) is 0 Å². The first-order valence-corrected chi connectivity index (χ1v) is 19.9. The van der Waals surface area contributed by atoms with E-state index < -0.39 is 47.6 Å². The van der Waals surface area contributed by atoms with Gasteiger partial charge in [-0.1, -0.05) is 36.4 Å². The Morgan fingerprint density at radius 1 is 0.603 bits per heavy atom. The first-order chi connectivity index (χ1) is 27.4. The molecule has 2 N–H and O–H groups in total. The normalized spacial score (nSPS) is 12.9. The van der Waals surface area contributed by atoms with Crippen molar-refractivity contribution in [2.45, 2.75) is 76.9 Å². The molecule has 0 radical (unpaired) electrons. The molecule has 0 bridgehead atoms. The molecule has 0 spiro atoms. The molecule has 4 aromatic carbocycles. The van der Waals surface area contributed by atoms with Gasteiger partial charge in [0.15, 0.2) is 12.2 Å². The maximum atomic E-state index is 14.3. The minimum absolute atomic E-state index is 0.0181. The molecule has 0 aliphatic rings. The Morgan fingerprint density at radius 3 is 1.29 bits per heavy atom. The molecule has 16 heteroatoms. The summed E-state index contributed by atoms with van der Waals surface area (Å²) in [7, 11) is 0. The van der Waals surface area contributed by atoms with E-state index in [1.165, 1.54) is 24.3 Å². The largest absolute Gasteiger partial charge is 0.492 e. The Balaban J connectivity index is 1.39. The Labute approximate surface area is 348 Å². The van der Waals surface area contributed by atoms with Gasteiger partial charge in [-0.05, 0) is 141 Å². The number of ether oxygens (including phenoxy) is 4. The first kappa shape index (κ1) is 46.6. The van der Waals surface area contributed by atoms with E-state index in [9.17, 15) is 46.1 Å². The topological polar surface area (TPSA) is 112 Å². The van der Waals surface area contributed by atoms with Gasteiger partial charge in [0.25, 0.3) is 0 Å². The smallest absolute Gasteiger partial charge is 0.416 e. The fraction of sp³-hybridized carbons (Fsp3) is 0.381. The summed E-state index contributed by atoms with van der Waals surface area (Å²) < 4.78 is 109. The van der Waals surface area contributed by atoms with E-state index in [0.717, 1.165) is 12.1 Å². The SMILES string of the molecule is CCO[C@@H](Cc1ccc(OCCCc2ccc(-c3ccc(CCCOc4ccc(C[C@H](OCC)C(=O)O)cc4Br)c(C(F)(F)F)c3)cc2C(F)(F)F)c(Br)c1)C(=O)O. The van der Waals surface area contributed by atoms with Gasteiger partial charge in [-0.3, -0.25) is 0 Å². The lowest BCUT2D eigenvalue weighted by molar-refractivity contribution is -0.150. The minimum Gasteiger partial charge on any atom is -0.492 e. The van der Waals surface area contributed by atoms with E-state index in [2.05, 4.69) is 31.9 Å². The Morgan fingerprint density at radius 2 is 0.983 bits per heavy atom. The summed E-state index contributed by atoms with van der Waals surface area (Å²) in [6, 6.07) is 17.0. The lowest BCUT2D eigenvalue weighted by Gasteiger charge is -2.18. The molecule has 0 aromatic heterocycles. The lowest BCUT2D eigenvalue weighted by Crippen LogP contribution is -2.26. The van der Waals surface area contributed by atoms with Gasteiger partial charge in [-0.15, -0.1) is 0 Å². The van der Waals surface area contributed by atoms with Crippen LogP contribution >= 0.6 is 31.9 Å². The van der Waals surface area contributed by atoms with Crippen LogP contribution in [0.1, 0.15) is 60.1 Å². The van der Waals surface area contributed by atoms with E-state index in [4.69, 9.17) is 18.9 Å². The number of carboxylic acid groups (broad SMARTS) is 2. The third-order valence-corrected chi connectivity index (χ3v) is 10.2. The zero-order chi connectivity index (χ0) is 42.6. The number of alkyl halides is 6. The molecule has 0 amide bonds. The molecular formula is C42H42Br2F6O8. The van der Waals surface area contributed by atoms with Crippen molar-refractivity contribution in [2.24, 2.45) is 0 Å². The zero-order valence-electron chi connectivity index (χ0n) is 31.5. The highest BCUT2D eigenvalue weighted by atomic mass is 79.9. The van der Waals surface area contributed by atoms with Crippen molar-refractivity contribution >= 4 is 43.8 Å². The van der Waals surface area contributed by atoms with Crippen LogP contribution in [0.15, 0.2) is 81.7 Å². The average molecular weight is 949 g/mol. The molecule has 0 fully saturated rings. The number of aliphatic carboxylic acids is 2. The van der Waals surface area contributed by atoms with Crippen LogP contribution in [0.3, 0.4) is 0 Å². The van der Waals surface area contributed by atoms with Gasteiger partial charge in [-0.2, -0.15) is 26.3 Å². The molecule has 8 nitrogen and oxygen atoms in total. The summed E-state index contributed by atoms with van der Waals surface area (Å²) in [5, 5.41) is 18.7. The number of aryl methyl sites for hydroxylation is 2. The summed E-state index contributed by atoms with van der Waals surface area (Å²) in [4.78, 5) is 22.8. The van der Waals surface area contributed by atoms with Gasteiger partial charge < -0.3 is 29.2 Å². The molecule has 0 saturated carbocycles. The van der Waals surface area contributed by atoms with Crippen molar-refractivity contribution in [1.29, 1.82) is 0 Å². The molecule has 0 aliphatic heterocycles. The second kappa shape index (κ2) is 21.2. The summed E-state index contributed by atoms with van der Waals surface area (Å²) in [5.74, 6) is -1.35. The second-order valence-electron chi connectivity index (χ2n) is 13.1. The van der Waals surface area contributed by atoms with Crippen LogP contribution in [-0.2, 0) is 57.1 Å². The van der Waals surface area contributed by atoms with Crippen molar-refractivity contribution in [3.8, 4) is 22.6 Å². The predicted octanol–water partition coefficient (Wildman–Crippen LogP) is 11.0. The van der Waals surface area contributed by atoms with Crippen LogP contribution in [0, 0.1) is 0 Å². The number of benzene rings is 4. The van der Waals surface area contributed by atoms with Gasteiger partial charge in [0, 0.05) is 26.1 Å². The minimum atomic E-state index is -4.77. The summed E-state index contributed by atoms with van der Waals surface area (Å²) in [6.07, 6.45) is -11.0. The lowest BCUT2D eigenvalue weighted by atomic mass is 9.93. The van der Waals surface area contributed by atoms with Crippen LogP contribution in [0.5, 0.6) is 11.5 Å². The third kappa shape index (κ3) is 13.5. The average Bonchev–Trinajstić information content (AvgIpc) is 3.15. The maximum Gasteiger partial charge on any atom is 0.416 e. The van der Waals surface area contributed by atoms with E-state index in [0.29, 0.717) is 31.6 Å². The molecule has 4 aromatic rings. The van der Waals surface area contributed by atoms with Crippen molar-refractivity contribution in [3.05, 3.63) is 115 Å². The van der Waals surface area contributed by atoms with Crippen LogP contribution in [0.25, 0.3) is 11.1 Å². The van der Waals surface area contributed by atoms with Crippen LogP contribution < -0.4 is 9.47 Å². The Hall–Kier alpha value is -4.12. The van der Waals surface area contributed by atoms with Crippen LogP contribution in [-0.4, -0.2) is 60.8 Å². The Kier molecular flexibility index (Phi) is 17.0. The van der Waals surface area contributed by atoms with Crippen molar-refractivity contribution in [2.75, 3.05) is 26.4 Å². The number of halogens is 8. The van der Waals surface area contributed by atoms with E-state index in [-0.39, 0.29) is 87.2 Å². The quantitative estimate of drug-likeness (QED) is 0.0628. The van der Waals surface area contributed by atoms with Crippen molar-refractivity contribution < 1.29 is 65.1 Å². The molecule has 0 heterocycles. The number of hydrogen-bond acceptors (Lipinski definition) is 6. The molecule has 0 aliphatic carbocycles. The van der Waals surface area contributed by atoms with Gasteiger partial charge in [0.05, 0.1) is 33.3 Å². The molecular weight excluding hydrogens is 906 g/mol. The second-order valence-corrected chi connectivity index (χ2v) is 14.9. The fourth-order valence-corrected chi connectivity index (χ4v) is 7.29. The number of carbonyl (C=O) groups is 2. The predicted molar refractivity (Wildman–Crippen MR) is 211 cm³/mol. The first-order valence-electron chi connectivity index (χ1n) is 18.3. The molecule has 4 rings (SSSR count). The maximum absolute atomic E-state index is 14.3. The standard InChI is InChI=1S/C42H42Br2F6O8/c1-3-55-37(39(51)52)21-25-9-15-35(33(43)19-25)57-17-5-7-27-11-13-29(23-31(27)41(45,46)47)30-14-12-28(32(24-30)42(48,49)50)8-6-18-58-36-16-10-26(20-34(36)44)22-38(40(53)54)56-4-2/h9-16,19-20,23-24,37-38H,3-8,17-18,21-22H2,1-2H3,(H,51,52)(H,53,54)/t37-,38-/m0/s1. The van der Waals surface area contributed by atoms with Crippen molar-refractivity contribution in [3.63, 3.8) is 0 Å². The number of carboxylic acids is 2. The van der Waals surface area contributed by atoms with E-state index >= 15 is 0 Å². The molecule has 2 atom stereocenters. The molecule has 314 valence electrons. The molecule has 0 unspecified atom stereocenters. The van der Waals surface area contributed by atoms with Gasteiger partial charge in [-0.25, -0.2) is 9.59 Å². The van der Waals surface area contributed by atoms with Gasteiger partial charge >= 0.3 is 24.3 Å². The monoisotopic (exact) mass is 946 g/mol. The molecule has 0 saturated heterocycles. The highest BCUT2D eigenvalue weighted by molar-refractivity contribution is 9.11. The number of hydrogen-bond donors (Lipinski definition) is 2. The zero-order valence-corrected chi connectivity index (χ0v) is 34.7. The van der Waals surface area contributed by atoms with E-state index in [1.54, 1.807) is 50.2 Å². The van der Waals surface area contributed by atoms with Gasteiger partial charge in [0.1, 0.15) is 11.5 Å². The highest BCUT2D eigenvalue weighted by Crippen LogP contribution is 2.39.